The van der Waals surface area contributed by atoms with Crippen LogP contribution >= 0.6 is 0 Å². The van der Waals surface area contributed by atoms with Gasteiger partial charge < -0.3 is 4.74 Å². The molecule has 3 rings (SSSR count). The number of alkyl halides is 3. The molecule has 0 spiro atoms. The SMILES string of the molecule is N#CC1=CCC(c2ccc(Oc3cccc(C(F)(F)F)n3)cc2)=NC1. The maximum atomic E-state index is 12.7. The van der Waals surface area contributed by atoms with Crippen molar-refractivity contribution in [2.45, 2.75) is 12.6 Å². The van der Waals surface area contributed by atoms with E-state index in [-0.39, 0.29) is 5.88 Å². The summed E-state index contributed by atoms with van der Waals surface area (Å²) in [6.07, 6.45) is -2.12. The lowest BCUT2D eigenvalue weighted by atomic mass is 10.0. The van der Waals surface area contributed by atoms with Crippen molar-refractivity contribution >= 4 is 5.71 Å². The Morgan fingerprint density at radius 3 is 2.44 bits per heavy atom. The number of rotatable bonds is 3. The topological polar surface area (TPSA) is 58.3 Å². The van der Waals surface area contributed by atoms with E-state index in [1.807, 2.05) is 6.08 Å². The van der Waals surface area contributed by atoms with Gasteiger partial charge in [-0.3, -0.25) is 4.99 Å². The Kier molecular flexibility index (Phi) is 4.52. The number of ether oxygens (including phenoxy) is 1. The van der Waals surface area contributed by atoms with Gasteiger partial charge in [0.1, 0.15) is 11.4 Å². The summed E-state index contributed by atoms with van der Waals surface area (Å²) < 4.78 is 43.4. The minimum Gasteiger partial charge on any atom is -0.439 e. The summed E-state index contributed by atoms with van der Waals surface area (Å²) in [5, 5.41) is 8.81. The molecular weight excluding hydrogens is 331 g/mol. The minimum atomic E-state index is -4.52. The lowest BCUT2D eigenvalue weighted by molar-refractivity contribution is -0.141. The molecule has 1 aromatic heterocycles. The number of aliphatic imine (C=N–C) groups is 1. The smallest absolute Gasteiger partial charge is 0.433 e. The minimum absolute atomic E-state index is 0.126. The van der Waals surface area contributed by atoms with Gasteiger partial charge >= 0.3 is 6.18 Å². The quantitative estimate of drug-likeness (QED) is 0.822. The molecule has 0 aliphatic carbocycles. The van der Waals surface area contributed by atoms with Crippen LogP contribution in [-0.4, -0.2) is 17.2 Å². The summed E-state index contributed by atoms with van der Waals surface area (Å²) in [5.74, 6) is 0.249. The molecule has 2 heterocycles. The zero-order valence-electron chi connectivity index (χ0n) is 12.9. The van der Waals surface area contributed by atoms with E-state index in [1.54, 1.807) is 24.3 Å². The zero-order valence-corrected chi connectivity index (χ0v) is 12.9. The summed E-state index contributed by atoms with van der Waals surface area (Å²) in [4.78, 5) is 7.81. The molecule has 0 unspecified atom stereocenters. The molecule has 1 aliphatic rings. The van der Waals surface area contributed by atoms with Gasteiger partial charge in [0, 0.05) is 23.8 Å². The highest BCUT2D eigenvalue weighted by Gasteiger charge is 2.32. The third-order valence-electron chi connectivity index (χ3n) is 3.55. The van der Waals surface area contributed by atoms with Crippen molar-refractivity contribution in [1.82, 2.24) is 4.98 Å². The number of hydrogen-bond acceptors (Lipinski definition) is 4. The van der Waals surface area contributed by atoms with Crippen molar-refractivity contribution in [3.63, 3.8) is 0 Å². The van der Waals surface area contributed by atoms with Crippen molar-refractivity contribution in [2.75, 3.05) is 6.54 Å². The average molecular weight is 343 g/mol. The summed E-state index contributed by atoms with van der Waals surface area (Å²) >= 11 is 0. The molecule has 0 atom stereocenters. The molecule has 0 bridgehead atoms. The molecule has 2 aromatic rings. The fourth-order valence-electron chi connectivity index (χ4n) is 2.29. The largest absolute Gasteiger partial charge is 0.439 e. The number of halogens is 3. The summed E-state index contributed by atoms with van der Waals surface area (Å²) in [7, 11) is 0. The fourth-order valence-corrected chi connectivity index (χ4v) is 2.29. The average Bonchev–Trinajstić information content (AvgIpc) is 2.62. The van der Waals surface area contributed by atoms with E-state index in [1.165, 1.54) is 12.1 Å². The molecule has 0 saturated carbocycles. The van der Waals surface area contributed by atoms with E-state index in [0.717, 1.165) is 17.3 Å². The third-order valence-corrected chi connectivity index (χ3v) is 3.55. The van der Waals surface area contributed by atoms with Gasteiger partial charge in [-0.25, -0.2) is 4.98 Å². The van der Waals surface area contributed by atoms with Gasteiger partial charge in [0.15, 0.2) is 0 Å². The van der Waals surface area contributed by atoms with Gasteiger partial charge in [0.2, 0.25) is 5.88 Å². The van der Waals surface area contributed by atoms with Gasteiger partial charge in [-0.1, -0.05) is 12.1 Å². The number of dihydropyridines is 1. The number of nitriles is 1. The Bertz CT molecular complexity index is 878. The predicted molar refractivity (Wildman–Crippen MR) is 85.5 cm³/mol. The monoisotopic (exact) mass is 343 g/mol. The Balaban J connectivity index is 1.72. The van der Waals surface area contributed by atoms with Crippen LogP contribution in [0.25, 0.3) is 0 Å². The van der Waals surface area contributed by atoms with Gasteiger partial charge in [0.25, 0.3) is 0 Å². The van der Waals surface area contributed by atoms with Crippen molar-refractivity contribution in [3.8, 4) is 17.7 Å². The Morgan fingerprint density at radius 2 is 1.84 bits per heavy atom. The number of aromatic nitrogens is 1. The van der Waals surface area contributed by atoms with E-state index < -0.39 is 11.9 Å². The van der Waals surface area contributed by atoms with Crippen LogP contribution in [0.5, 0.6) is 11.6 Å². The Labute approximate surface area is 141 Å². The molecule has 1 aliphatic heterocycles. The lowest BCUT2D eigenvalue weighted by Gasteiger charge is -2.11. The van der Waals surface area contributed by atoms with Gasteiger partial charge in [-0.05, 0) is 35.9 Å². The molecule has 4 nitrogen and oxygen atoms in total. The van der Waals surface area contributed by atoms with Gasteiger partial charge in [-0.2, -0.15) is 18.4 Å². The van der Waals surface area contributed by atoms with Crippen LogP contribution in [0.1, 0.15) is 17.7 Å². The third kappa shape index (κ3) is 4.04. The van der Waals surface area contributed by atoms with E-state index in [4.69, 9.17) is 10.00 Å². The summed E-state index contributed by atoms with van der Waals surface area (Å²) in [5.41, 5.74) is 1.36. The second kappa shape index (κ2) is 6.77. The van der Waals surface area contributed by atoms with Crippen molar-refractivity contribution in [3.05, 3.63) is 65.4 Å². The highest BCUT2D eigenvalue weighted by Crippen LogP contribution is 2.30. The van der Waals surface area contributed by atoms with Gasteiger partial charge in [-0.15, -0.1) is 0 Å². The molecule has 7 heteroatoms. The highest BCUT2D eigenvalue weighted by atomic mass is 19.4. The lowest BCUT2D eigenvalue weighted by Crippen LogP contribution is -2.08. The molecule has 1 aromatic carbocycles. The first-order valence-corrected chi connectivity index (χ1v) is 7.41. The molecule has 0 amide bonds. The Hall–Kier alpha value is -3.14. The van der Waals surface area contributed by atoms with Crippen LogP contribution < -0.4 is 4.74 Å². The highest BCUT2D eigenvalue weighted by molar-refractivity contribution is 6.02. The van der Waals surface area contributed by atoms with Crippen LogP contribution in [0.15, 0.2) is 59.1 Å². The van der Waals surface area contributed by atoms with Crippen molar-refractivity contribution < 1.29 is 17.9 Å². The second-order valence-electron chi connectivity index (χ2n) is 5.29. The van der Waals surface area contributed by atoms with Gasteiger partial charge in [0.05, 0.1) is 12.6 Å². The number of pyridine rings is 1. The van der Waals surface area contributed by atoms with E-state index >= 15 is 0 Å². The number of allylic oxidation sites excluding steroid dienone is 1. The molecule has 0 N–H and O–H groups in total. The van der Waals surface area contributed by atoms with Crippen LogP contribution in [-0.2, 0) is 6.18 Å². The Morgan fingerprint density at radius 1 is 1.08 bits per heavy atom. The first-order chi connectivity index (χ1) is 12.0. The van der Waals surface area contributed by atoms with Crippen molar-refractivity contribution in [1.29, 1.82) is 5.26 Å². The standard InChI is InChI=1S/C18H12F3N3O/c19-18(20,21)16-2-1-3-17(24-16)25-14-7-5-13(6-8-14)15-9-4-12(10-22)11-23-15/h1-8H,9,11H2. The van der Waals surface area contributed by atoms with Crippen LogP contribution in [0.4, 0.5) is 13.2 Å². The number of benzene rings is 1. The predicted octanol–water partition coefficient (Wildman–Crippen LogP) is 4.54. The van der Waals surface area contributed by atoms with Crippen molar-refractivity contribution in [2.24, 2.45) is 4.99 Å². The number of hydrogen-bond donors (Lipinski definition) is 0. The van der Waals surface area contributed by atoms with Crippen LogP contribution in [0, 0.1) is 11.3 Å². The van der Waals surface area contributed by atoms with E-state index in [2.05, 4.69) is 16.0 Å². The second-order valence-corrected chi connectivity index (χ2v) is 5.29. The first-order valence-electron chi connectivity index (χ1n) is 7.41. The van der Waals surface area contributed by atoms with Crippen LogP contribution in [0.3, 0.4) is 0 Å². The normalized spacial score (nSPS) is 14.3. The van der Waals surface area contributed by atoms with E-state index in [9.17, 15) is 13.2 Å². The maximum Gasteiger partial charge on any atom is 0.433 e. The first kappa shape index (κ1) is 16.7. The molecule has 0 radical (unpaired) electrons. The van der Waals surface area contributed by atoms with E-state index in [0.29, 0.717) is 24.3 Å². The summed E-state index contributed by atoms with van der Waals surface area (Å²) in [6, 6.07) is 12.4. The summed E-state index contributed by atoms with van der Waals surface area (Å²) in [6.45, 7) is 0.359. The molecule has 0 saturated heterocycles. The fraction of sp³-hybridized carbons (Fsp3) is 0.167. The molecule has 0 fully saturated rings. The number of nitrogens with zero attached hydrogens (tertiary/aromatic N) is 3. The molecular formula is C18H12F3N3O. The molecule has 25 heavy (non-hydrogen) atoms. The zero-order chi connectivity index (χ0) is 17.9. The van der Waals surface area contributed by atoms with Crippen LogP contribution in [0.2, 0.25) is 0 Å². The molecule has 126 valence electrons. The maximum absolute atomic E-state index is 12.7.